The van der Waals surface area contributed by atoms with Crippen molar-refractivity contribution in [2.24, 2.45) is 0 Å². The lowest BCUT2D eigenvalue weighted by atomic mass is 9.98. The van der Waals surface area contributed by atoms with Crippen molar-refractivity contribution in [3.05, 3.63) is 48.0 Å². The molecule has 11 heteroatoms. The molecular formula is C17H17F7INO2. The molecule has 3 nitrogen and oxygen atoms in total. The van der Waals surface area contributed by atoms with Gasteiger partial charge in [-0.2, -0.15) is 26.3 Å². The van der Waals surface area contributed by atoms with Crippen molar-refractivity contribution in [3.63, 3.8) is 0 Å². The minimum absolute atomic E-state index is 0.0465. The molecule has 1 aromatic rings. The van der Waals surface area contributed by atoms with Gasteiger partial charge in [0.25, 0.3) is 11.6 Å². The van der Waals surface area contributed by atoms with E-state index in [1.807, 2.05) is 0 Å². The van der Waals surface area contributed by atoms with Crippen molar-refractivity contribution in [1.82, 2.24) is 5.06 Å². The number of rotatable bonds is 8. The van der Waals surface area contributed by atoms with Crippen LogP contribution in [-0.2, 0) is 16.2 Å². The molecule has 0 aliphatic rings. The number of hydrogen-bond acceptors (Lipinski definition) is 2. The minimum atomic E-state index is -6.15. The van der Waals surface area contributed by atoms with Crippen LogP contribution in [0.5, 0.6) is 0 Å². The average molecular weight is 527 g/mol. The predicted octanol–water partition coefficient (Wildman–Crippen LogP) is 5.55. The first-order chi connectivity index (χ1) is 12.7. The summed E-state index contributed by atoms with van der Waals surface area (Å²) in [6.45, 7) is 3.82. The normalized spacial score (nSPS) is 13.9. The fourth-order valence-electron chi connectivity index (χ4n) is 2.08. The molecule has 0 saturated carbocycles. The van der Waals surface area contributed by atoms with Crippen LogP contribution in [0.4, 0.5) is 30.7 Å². The molecule has 0 bridgehead atoms. The number of hydrogen-bond donors (Lipinski definition) is 0. The van der Waals surface area contributed by atoms with E-state index in [-0.39, 0.29) is 12.2 Å². The third-order valence-corrected chi connectivity index (χ3v) is 4.42. The Balaban J connectivity index is 2.94. The number of carbonyl (C=O) groups excluding carboxylic acids is 1. The Kier molecular flexibility index (Phi) is 8.30. The summed E-state index contributed by atoms with van der Waals surface area (Å²) in [6, 6.07) is 8.36. The Bertz CT molecular complexity index is 662. The van der Waals surface area contributed by atoms with Gasteiger partial charge in [0.15, 0.2) is 0 Å². The maximum absolute atomic E-state index is 13.9. The Labute approximate surface area is 170 Å². The van der Waals surface area contributed by atoms with Crippen LogP contribution in [0.3, 0.4) is 0 Å². The van der Waals surface area contributed by atoms with Crippen molar-refractivity contribution in [2.45, 2.75) is 41.9 Å². The highest BCUT2D eigenvalue weighted by molar-refractivity contribution is 14.1. The number of benzene rings is 1. The first-order valence-corrected chi connectivity index (χ1v) is 9.04. The number of nitrogens with zero attached hydrogens (tertiary/aromatic N) is 1. The van der Waals surface area contributed by atoms with E-state index >= 15 is 0 Å². The van der Waals surface area contributed by atoms with Gasteiger partial charge in [0, 0.05) is 15.9 Å². The predicted molar refractivity (Wildman–Crippen MR) is 96.1 cm³/mol. The maximum atomic E-state index is 13.9. The molecule has 0 aromatic heterocycles. The first-order valence-electron chi connectivity index (χ1n) is 7.79. The second-order valence-corrected chi connectivity index (χ2v) is 7.77. The molecule has 28 heavy (non-hydrogen) atoms. The Hall–Kier alpha value is -1.37. The van der Waals surface area contributed by atoms with Crippen molar-refractivity contribution in [1.29, 1.82) is 0 Å². The van der Waals surface area contributed by atoms with Gasteiger partial charge in [-0.25, -0.2) is 9.45 Å². The Morgan fingerprint density at radius 3 is 2.04 bits per heavy atom. The van der Waals surface area contributed by atoms with Crippen LogP contribution in [0.1, 0.15) is 18.9 Å². The largest absolute Gasteiger partial charge is 0.431 e. The van der Waals surface area contributed by atoms with E-state index in [4.69, 9.17) is 4.84 Å². The summed E-state index contributed by atoms with van der Waals surface area (Å²) in [4.78, 5) is 17.4. The van der Waals surface area contributed by atoms with Crippen molar-refractivity contribution < 1.29 is 40.4 Å². The molecule has 158 valence electrons. The maximum Gasteiger partial charge on any atom is 0.431 e. The van der Waals surface area contributed by atoms with Crippen molar-refractivity contribution in [2.75, 3.05) is 6.54 Å². The summed E-state index contributed by atoms with van der Waals surface area (Å²) in [5.74, 6) is -0.832. The van der Waals surface area contributed by atoms with Crippen LogP contribution in [0, 0.1) is 0 Å². The number of amides is 1. The number of hydroxylamine groups is 2. The molecule has 0 aliphatic heterocycles. The molecule has 0 N–H and O–H groups in total. The highest BCUT2D eigenvalue weighted by atomic mass is 127. The molecule has 1 aromatic carbocycles. The number of alkyl halides is 8. The summed E-state index contributed by atoms with van der Waals surface area (Å²) in [6.07, 6.45) is -14.2. The quantitative estimate of drug-likeness (QED) is 0.146. The van der Waals surface area contributed by atoms with E-state index in [0.717, 1.165) is 0 Å². The van der Waals surface area contributed by atoms with Gasteiger partial charge in [0.05, 0.1) is 6.54 Å². The van der Waals surface area contributed by atoms with Gasteiger partial charge in [-0.3, -0.25) is 9.63 Å². The highest BCUT2D eigenvalue weighted by Gasteiger charge is 2.72. The molecule has 1 amide bonds. The van der Waals surface area contributed by atoms with Crippen molar-refractivity contribution >= 4 is 28.5 Å². The Morgan fingerprint density at radius 2 is 1.61 bits per heavy atom. The topological polar surface area (TPSA) is 29.5 Å². The Morgan fingerprint density at radius 1 is 1.11 bits per heavy atom. The minimum Gasteiger partial charge on any atom is -0.267 e. The lowest BCUT2D eigenvalue weighted by Crippen LogP contribution is -2.55. The van der Waals surface area contributed by atoms with Crippen LogP contribution in [0.2, 0.25) is 0 Å². The molecule has 0 heterocycles. The SMILES string of the molecule is C=C(C)C(=O)N(CC(I)CC(F)(C(F)(F)F)C(F)(F)F)OCc1ccccc1. The standard InChI is InChI=1S/C17H17F7INO2/c1-11(2)14(27)26(28-10-12-6-4-3-5-7-12)9-13(25)8-15(18,16(19,20)21)17(22,23)24/h3-7,13H,1,8-10H2,2H3. The molecule has 1 rings (SSSR count). The van der Waals surface area contributed by atoms with Gasteiger partial charge in [-0.05, 0) is 12.5 Å². The first kappa shape index (κ1) is 24.7. The smallest absolute Gasteiger partial charge is 0.267 e. The van der Waals surface area contributed by atoms with E-state index < -0.39 is 40.8 Å². The molecule has 0 saturated heterocycles. The zero-order chi connectivity index (χ0) is 21.8. The summed E-state index contributed by atoms with van der Waals surface area (Å²) in [5, 5.41) is 0.597. The fourth-order valence-corrected chi connectivity index (χ4v) is 3.04. The zero-order valence-corrected chi connectivity index (χ0v) is 16.7. The van der Waals surface area contributed by atoms with Gasteiger partial charge >= 0.3 is 12.4 Å². The van der Waals surface area contributed by atoms with Gasteiger partial charge in [-0.15, -0.1) is 0 Å². The molecule has 0 aliphatic carbocycles. The van der Waals surface area contributed by atoms with Gasteiger partial charge in [0.2, 0.25) is 0 Å². The van der Waals surface area contributed by atoms with Gasteiger partial charge in [0.1, 0.15) is 6.61 Å². The number of halogens is 8. The van der Waals surface area contributed by atoms with Gasteiger partial charge in [-0.1, -0.05) is 59.5 Å². The van der Waals surface area contributed by atoms with E-state index in [1.165, 1.54) is 29.5 Å². The third kappa shape index (κ3) is 6.33. The zero-order valence-electron chi connectivity index (χ0n) is 14.6. The van der Waals surface area contributed by atoms with E-state index in [9.17, 15) is 35.5 Å². The van der Waals surface area contributed by atoms with Crippen LogP contribution >= 0.6 is 22.6 Å². The fraction of sp³-hybridized carbons (Fsp3) is 0.471. The molecule has 0 radical (unpaired) electrons. The average Bonchev–Trinajstić information content (AvgIpc) is 2.56. The summed E-state index contributed by atoms with van der Waals surface area (Å²) in [7, 11) is 0. The van der Waals surface area contributed by atoms with Gasteiger partial charge < -0.3 is 0 Å². The van der Waals surface area contributed by atoms with Crippen LogP contribution < -0.4 is 0 Å². The van der Waals surface area contributed by atoms with E-state index in [0.29, 0.717) is 10.6 Å². The van der Waals surface area contributed by atoms with Crippen LogP contribution in [0.25, 0.3) is 0 Å². The van der Waals surface area contributed by atoms with Crippen molar-refractivity contribution in [3.8, 4) is 0 Å². The molecule has 0 fully saturated rings. The molecular weight excluding hydrogens is 510 g/mol. The second-order valence-electron chi connectivity index (χ2n) is 6.00. The van der Waals surface area contributed by atoms with Crippen LogP contribution in [-0.4, -0.2) is 39.5 Å². The second kappa shape index (κ2) is 9.42. The summed E-state index contributed by atoms with van der Waals surface area (Å²) < 4.78 is 88.7. The lowest BCUT2D eigenvalue weighted by molar-refractivity contribution is -0.343. The van der Waals surface area contributed by atoms with Crippen LogP contribution in [0.15, 0.2) is 42.5 Å². The highest BCUT2D eigenvalue weighted by Crippen LogP contribution is 2.49. The molecule has 0 spiro atoms. The molecule has 1 atom stereocenters. The third-order valence-electron chi connectivity index (χ3n) is 3.59. The lowest BCUT2D eigenvalue weighted by Gasteiger charge is -2.33. The summed E-state index contributed by atoms with van der Waals surface area (Å²) >= 11 is 1.23. The molecule has 1 unspecified atom stereocenters. The summed E-state index contributed by atoms with van der Waals surface area (Å²) in [5.41, 5.74) is -4.84. The number of carbonyl (C=O) groups is 1. The van der Waals surface area contributed by atoms with E-state index in [2.05, 4.69) is 6.58 Å². The monoisotopic (exact) mass is 527 g/mol. The van der Waals surface area contributed by atoms with E-state index in [1.54, 1.807) is 30.3 Å².